The van der Waals surface area contributed by atoms with Crippen LogP contribution in [0.1, 0.15) is 59.7 Å². The van der Waals surface area contributed by atoms with Gasteiger partial charge in [-0.25, -0.2) is 0 Å². The molecule has 0 saturated heterocycles. The number of benzene rings is 8. The number of ether oxygens (including phenoxy) is 5. The van der Waals surface area contributed by atoms with Gasteiger partial charge in [-0.05, 0) is 51.1 Å². The molecular weight excluding hydrogens is 859 g/mol. The number of carbonyl (C=O) groups is 2. The van der Waals surface area contributed by atoms with Gasteiger partial charge in [0.1, 0.15) is 23.9 Å². The summed E-state index contributed by atoms with van der Waals surface area (Å²) in [5.41, 5.74) is 5.95. The first-order chi connectivity index (χ1) is 34.1. The Morgan fingerprint density at radius 1 is 0.362 bits per heavy atom. The van der Waals surface area contributed by atoms with Crippen molar-refractivity contribution in [1.29, 1.82) is 0 Å². The molecule has 8 aromatic rings. The van der Waals surface area contributed by atoms with Gasteiger partial charge in [-0.3, -0.25) is 14.5 Å². The zero-order chi connectivity index (χ0) is 47.1. The van der Waals surface area contributed by atoms with Gasteiger partial charge in [-0.15, -0.1) is 0 Å². The summed E-state index contributed by atoms with van der Waals surface area (Å²) in [6.45, 7) is 0.621. The minimum absolute atomic E-state index is 0.0180. The van der Waals surface area contributed by atoms with E-state index in [1.165, 1.54) is 4.90 Å². The quantitative estimate of drug-likeness (QED) is 0.0467. The molecule has 0 radical (unpaired) electrons. The van der Waals surface area contributed by atoms with Crippen LogP contribution >= 0.6 is 0 Å². The molecule has 4 atom stereocenters. The minimum Gasteiger partial charge on any atom is -0.375 e. The molecule has 1 aliphatic rings. The van der Waals surface area contributed by atoms with Gasteiger partial charge >= 0.3 is 0 Å². The maximum absolute atomic E-state index is 14.8. The van der Waals surface area contributed by atoms with Gasteiger partial charge < -0.3 is 23.7 Å². The molecule has 9 rings (SSSR count). The van der Waals surface area contributed by atoms with Crippen molar-refractivity contribution in [3.8, 4) is 0 Å². The second kappa shape index (κ2) is 23.1. The van der Waals surface area contributed by atoms with Gasteiger partial charge in [-0.1, -0.05) is 224 Å². The van der Waals surface area contributed by atoms with Crippen molar-refractivity contribution in [1.82, 2.24) is 4.90 Å². The Morgan fingerprint density at radius 3 is 1.10 bits per heavy atom. The number of amides is 2. The average Bonchev–Trinajstić information content (AvgIpc) is 3.67. The second-order valence-electron chi connectivity index (χ2n) is 17.0. The monoisotopic (exact) mass is 913 g/mol. The Kier molecular flexibility index (Phi) is 15.7. The number of rotatable bonds is 23. The van der Waals surface area contributed by atoms with Crippen molar-refractivity contribution < 1.29 is 33.3 Å². The molecule has 8 heteroatoms. The molecule has 0 bridgehead atoms. The number of fused-ring (bicyclic) bond motifs is 1. The van der Waals surface area contributed by atoms with Crippen molar-refractivity contribution >= 4 is 11.8 Å². The average molecular weight is 914 g/mol. The number of carbonyl (C=O) groups excluding carboxylic acids is 2. The van der Waals surface area contributed by atoms with Crippen LogP contribution in [0, 0.1) is 0 Å². The van der Waals surface area contributed by atoms with E-state index in [0.29, 0.717) is 11.1 Å². The molecule has 69 heavy (non-hydrogen) atoms. The van der Waals surface area contributed by atoms with E-state index in [1.54, 1.807) is 24.3 Å². The van der Waals surface area contributed by atoms with E-state index in [-0.39, 0.29) is 39.6 Å². The summed E-state index contributed by atoms with van der Waals surface area (Å²) in [5, 5.41) is 0. The number of hydrogen-bond acceptors (Lipinski definition) is 7. The van der Waals surface area contributed by atoms with Crippen molar-refractivity contribution in [3.05, 3.63) is 287 Å². The van der Waals surface area contributed by atoms with E-state index in [1.807, 2.05) is 176 Å². The summed E-state index contributed by atoms with van der Waals surface area (Å²) >= 11 is 0. The smallest absolute Gasteiger partial charge is 0.261 e. The first-order valence-electron chi connectivity index (χ1n) is 23.4. The Bertz CT molecular complexity index is 2690. The summed E-state index contributed by atoms with van der Waals surface area (Å²) < 4.78 is 35.7. The maximum atomic E-state index is 14.8. The first-order valence-corrected chi connectivity index (χ1v) is 23.4. The minimum atomic E-state index is -1.12. The zero-order valence-corrected chi connectivity index (χ0v) is 38.4. The molecule has 8 aromatic carbocycles. The standard InChI is InChI=1S/C61H55NO7/c63-59-53-38-22-23-39-54(53)60(64)62(59)55(44-65-40-46-24-8-1-9-25-46)57(67-42-48-28-12-3-13-29-48)58(68-43-49-30-14-4-15-31-49)56(66-41-47-26-10-2-11-27-47)45-69-61(50-32-16-5-17-33-50,51-34-18-6-19-35-51)52-36-20-7-21-37-52/h1-39,55-58H,40-45H2/t55-,56-,57+,58+/m0/s1. The fraction of sp³-hybridized carbons (Fsp3) is 0.180. The number of imide groups is 1. The fourth-order valence-electron chi connectivity index (χ4n) is 9.06. The lowest BCUT2D eigenvalue weighted by atomic mass is 9.80. The lowest BCUT2D eigenvalue weighted by Crippen LogP contribution is -2.58. The molecule has 8 nitrogen and oxygen atoms in total. The van der Waals surface area contributed by atoms with E-state index in [0.717, 1.165) is 38.9 Å². The van der Waals surface area contributed by atoms with E-state index >= 15 is 0 Å². The lowest BCUT2D eigenvalue weighted by molar-refractivity contribution is -0.190. The van der Waals surface area contributed by atoms with Gasteiger partial charge in [0.05, 0.1) is 56.8 Å². The molecular formula is C61H55NO7. The SMILES string of the molecule is O=C1c2ccccc2C(=O)N1[C@@H](COCc1ccccc1)[C@@H](OCc1ccccc1)[C@H](OCc1ccccc1)[C@H](COC(c1ccccc1)(c1ccccc1)c1ccccc1)OCc1ccccc1. The Labute approximate surface area is 404 Å². The van der Waals surface area contributed by atoms with Gasteiger partial charge in [-0.2, -0.15) is 0 Å². The van der Waals surface area contributed by atoms with Gasteiger partial charge in [0, 0.05) is 0 Å². The van der Waals surface area contributed by atoms with Crippen LogP contribution in [0.5, 0.6) is 0 Å². The number of hydrogen-bond donors (Lipinski definition) is 0. The molecule has 0 fully saturated rings. The van der Waals surface area contributed by atoms with E-state index < -0.39 is 41.8 Å². The topological polar surface area (TPSA) is 83.5 Å². The van der Waals surface area contributed by atoms with Crippen LogP contribution in [-0.4, -0.2) is 54.3 Å². The summed E-state index contributed by atoms with van der Waals surface area (Å²) in [6, 6.07) is 76.0. The predicted octanol–water partition coefficient (Wildman–Crippen LogP) is 11.6. The molecule has 1 heterocycles. The Balaban J connectivity index is 1.20. The maximum Gasteiger partial charge on any atom is 0.261 e. The summed E-state index contributed by atoms with van der Waals surface area (Å²) in [6.07, 6.45) is -2.89. The largest absolute Gasteiger partial charge is 0.375 e. The van der Waals surface area contributed by atoms with E-state index in [9.17, 15) is 9.59 Å². The van der Waals surface area contributed by atoms with Gasteiger partial charge in [0.2, 0.25) is 0 Å². The van der Waals surface area contributed by atoms with Crippen molar-refractivity contribution in [3.63, 3.8) is 0 Å². The highest BCUT2D eigenvalue weighted by molar-refractivity contribution is 6.21. The van der Waals surface area contributed by atoms with Gasteiger partial charge in [0.25, 0.3) is 11.8 Å². The summed E-state index contributed by atoms with van der Waals surface area (Å²) in [5.74, 6) is -0.874. The third kappa shape index (κ3) is 11.2. The number of nitrogens with zero attached hydrogens (tertiary/aromatic N) is 1. The van der Waals surface area contributed by atoms with Crippen molar-refractivity contribution in [2.24, 2.45) is 0 Å². The van der Waals surface area contributed by atoms with Crippen molar-refractivity contribution in [2.75, 3.05) is 13.2 Å². The molecule has 0 spiro atoms. The molecule has 2 amide bonds. The molecule has 0 saturated carbocycles. The summed E-state index contributed by atoms with van der Waals surface area (Å²) in [7, 11) is 0. The highest BCUT2D eigenvalue weighted by Gasteiger charge is 2.49. The van der Waals surface area contributed by atoms with Crippen molar-refractivity contribution in [2.45, 2.75) is 56.4 Å². The van der Waals surface area contributed by atoms with E-state index in [4.69, 9.17) is 23.7 Å². The first kappa shape index (κ1) is 46.8. The third-order valence-electron chi connectivity index (χ3n) is 12.5. The lowest BCUT2D eigenvalue weighted by Gasteiger charge is -2.42. The van der Waals surface area contributed by atoms with Crippen LogP contribution in [0.4, 0.5) is 0 Å². The highest BCUT2D eigenvalue weighted by Crippen LogP contribution is 2.41. The Morgan fingerprint density at radius 2 is 0.696 bits per heavy atom. The highest BCUT2D eigenvalue weighted by atomic mass is 16.6. The normalized spacial score (nSPS) is 14.2. The van der Waals surface area contributed by atoms with Crippen LogP contribution in [0.3, 0.4) is 0 Å². The van der Waals surface area contributed by atoms with Crippen LogP contribution in [0.15, 0.2) is 237 Å². The molecule has 0 aromatic heterocycles. The van der Waals surface area contributed by atoms with E-state index in [2.05, 4.69) is 36.4 Å². The van der Waals surface area contributed by atoms with Crippen LogP contribution in [-0.2, 0) is 55.7 Å². The molecule has 0 unspecified atom stereocenters. The van der Waals surface area contributed by atoms with Gasteiger partial charge in [0.15, 0.2) is 0 Å². The molecule has 1 aliphatic heterocycles. The van der Waals surface area contributed by atoms with Crippen LogP contribution in [0.2, 0.25) is 0 Å². The Hall–Kier alpha value is -7.30. The zero-order valence-electron chi connectivity index (χ0n) is 38.4. The van der Waals surface area contributed by atoms with Crippen LogP contribution < -0.4 is 0 Å². The summed E-state index contributed by atoms with van der Waals surface area (Å²) in [4.78, 5) is 30.8. The second-order valence-corrected chi connectivity index (χ2v) is 17.0. The third-order valence-corrected chi connectivity index (χ3v) is 12.5. The molecule has 346 valence electrons. The fourth-order valence-corrected chi connectivity index (χ4v) is 9.06. The molecule has 0 N–H and O–H groups in total. The molecule has 0 aliphatic carbocycles. The van der Waals surface area contributed by atoms with Crippen LogP contribution in [0.25, 0.3) is 0 Å². The predicted molar refractivity (Wildman–Crippen MR) is 267 cm³/mol.